The smallest absolute Gasteiger partial charge is 0.226 e. The van der Waals surface area contributed by atoms with Crippen LogP contribution in [0, 0.1) is 11.8 Å². The average Bonchev–Trinajstić information content (AvgIpc) is 2.89. The first kappa shape index (κ1) is 15.0. The molecule has 1 aliphatic heterocycles. The van der Waals surface area contributed by atoms with Gasteiger partial charge in [0.25, 0.3) is 0 Å². The molecule has 1 saturated heterocycles. The minimum atomic E-state index is 0.219. The van der Waals surface area contributed by atoms with Gasteiger partial charge in [0.2, 0.25) is 5.91 Å². The zero-order valence-electron chi connectivity index (χ0n) is 12.1. The number of carbonyl (C=O) groups is 1. The van der Waals surface area contributed by atoms with E-state index in [1.54, 1.807) is 0 Å². The summed E-state index contributed by atoms with van der Waals surface area (Å²) in [5.74, 6) is 1.52. The Labute approximate surface area is 126 Å². The van der Waals surface area contributed by atoms with E-state index in [9.17, 15) is 4.79 Å². The maximum absolute atomic E-state index is 12.3. The van der Waals surface area contributed by atoms with Gasteiger partial charge in [-0.05, 0) is 23.8 Å². The van der Waals surface area contributed by atoms with Gasteiger partial charge in [-0.15, -0.1) is 0 Å². The highest BCUT2D eigenvalue weighted by Crippen LogP contribution is 2.24. The van der Waals surface area contributed by atoms with Crippen LogP contribution in [0.1, 0.15) is 31.4 Å². The van der Waals surface area contributed by atoms with Crippen LogP contribution in [0.25, 0.3) is 0 Å². The second-order valence-corrected chi connectivity index (χ2v) is 6.31. The summed E-state index contributed by atoms with van der Waals surface area (Å²) in [4.78, 5) is 14.7. The zero-order chi connectivity index (χ0) is 14.7. The van der Waals surface area contributed by atoms with Crippen molar-refractivity contribution in [2.45, 2.75) is 26.7 Å². The molecular formula is C16H22N2OS. The van der Waals surface area contributed by atoms with Crippen LogP contribution in [0.4, 0.5) is 0 Å². The molecule has 1 amide bonds. The summed E-state index contributed by atoms with van der Waals surface area (Å²) in [7, 11) is 0. The normalized spacial score (nSPS) is 18.6. The fourth-order valence-corrected chi connectivity index (χ4v) is 2.77. The summed E-state index contributed by atoms with van der Waals surface area (Å²) in [6, 6.07) is 7.63. The van der Waals surface area contributed by atoms with Gasteiger partial charge in [-0.2, -0.15) is 0 Å². The molecule has 3 nitrogen and oxygen atoms in total. The number of likely N-dealkylation sites (tertiary alicyclic amines) is 1. The van der Waals surface area contributed by atoms with Crippen LogP contribution in [-0.2, 0) is 11.2 Å². The molecule has 1 heterocycles. The van der Waals surface area contributed by atoms with E-state index in [0.29, 0.717) is 23.2 Å². The minimum Gasteiger partial charge on any atom is -0.389 e. The summed E-state index contributed by atoms with van der Waals surface area (Å²) in [5, 5.41) is 0. The number of amides is 1. The minimum absolute atomic E-state index is 0.219. The predicted molar refractivity (Wildman–Crippen MR) is 85.6 cm³/mol. The van der Waals surface area contributed by atoms with Gasteiger partial charge >= 0.3 is 0 Å². The first-order valence-corrected chi connectivity index (χ1v) is 7.54. The summed E-state index contributed by atoms with van der Waals surface area (Å²) in [5.41, 5.74) is 7.43. The number of nitrogens with two attached hydrogens (primary N) is 1. The fourth-order valence-electron chi connectivity index (χ4n) is 2.63. The first-order valence-electron chi connectivity index (χ1n) is 7.14. The lowest BCUT2D eigenvalue weighted by Gasteiger charge is -2.18. The molecule has 0 radical (unpaired) electrons. The van der Waals surface area contributed by atoms with Gasteiger partial charge in [0.1, 0.15) is 4.99 Å². The van der Waals surface area contributed by atoms with Crippen LogP contribution in [0.2, 0.25) is 0 Å². The lowest BCUT2D eigenvalue weighted by Crippen LogP contribution is -2.30. The van der Waals surface area contributed by atoms with E-state index in [2.05, 4.69) is 13.8 Å². The molecule has 0 spiro atoms. The third kappa shape index (κ3) is 3.57. The third-order valence-electron chi connectivity index (χ3n) is 4.11. The predicted octanol–water partition coefficient (Wildman–Crippen LogP) is 2.37. The van der Waals surface area contributed by atoms with E-state index in [-0.39, 0.29) is 5.91 Å². The molecule has 4 heteroatoms. The maximum atomic E-state index is 12.3. The van der Waals surface area contributed by atoms with Crippen LogP contribution >= 0.6 is 12.2 Å². The molecule has 1 atom stereocenters. The van der Waals surface area contributed by atoms with Crippen molar-refractivity contribution in [3.05, 3.63) is 35.4 Å². The average molecular weight is 290 g/mol. The van der Waals surface area contributed by atoms with E-state index >= 15 is 0 Å². The van der Waals surface area contributed by atoms with Crippen molar-refractivity contribution < 1.29 is 4.79 Å². The Bertz CT molecular complexity index is 496. The maximum Gasteiger partial charge on any atom is 0.226 e. The summed E-state index contributed by atoms with van der Waals surface area (Å²) in [6.07, 6.45) is 1.59. The molecular weight excluding hydrogens is 268 g/mol. The van der Waals surface area contributed by atoms with E-state index in [4.69, 9.17) is 18.0 Å². The molecule has 0 bridgehead atoms. The molecule has 0 saturated carbocycles. The number of hydrogen-bond donors (Lipinski definition) is 1. The van der Waals surface area contributed by atoms with Crippen molar-refractivity contribution in [1.82, 2.24) is 4.90 Å². The van der Waals surface area contributed by atoms with Crippen LogP contribution in [0.15, 0.2) is 24.3 Å². The Morgan fingerprint density at radius 2 is 2.05 bits per heavy atom. The Morgan fingerprint density at radius 1 is 1.40 bits per heavy atom. The Balaban J connectivity index is 1.93. The van der Waals surface area contributed by atoms with E-state index in [1.165, 1.54) is 0 Å². The lowest BCUT2D eigenvalue weighted by atomic mass is 9.95. The second-order valence-electron chi connectivity index (χ2n) is 5.87. The molecule has 1 aliphatic rings. The highest BCUT2D eigenvalue weighted by atomic mass is 32.1. The van der Waals surface area contributed by atoms with Gasteiger partial charge in [-0.25, -0.2) is 0 Å². The van der Waals surface area contributed by atoms with E-state index < -0.39 is 0 Å². The van der Waals surface area contributed by atoms with Gasteiger partial charge in [0, 0.05) is 18.7 Å². The van der Waals surface area contributed by atoms with Gasteiger partial charge in [-0.1, -0.05) is 50.3 Å². The van der Waals surface area contributed by atoms with Crippen LogP contribution in [0.3, 0.4) is 0 Å². The van der Waals surface area contributed by atoms with Crippen LogP contribution < -0.4 is 5.73 Å². The van der Waals surface area contributed by atoms with Crippen LogP contribution in [-0.4, -0.2) is 28.9 Å². The van der Waals surface area contributed by atoms with E-state index in [1.807, 2.05) is 29.2 Å². The Kier molecular flexibility index (Phi) is 4.76. The fraction of sp³-hybridized carbons (Fsp3) is 0.500. The SMILES string of the molecule is CC(C)C1CCN(C(=O)Cc2ccc(C(N)=S)cc2)C1. The van der Waals surface area contributed by atoms with E-state index in [0.717, 1.165) is 30.6 Å². The largest absolute Gasteiger partial charge is 0.389 e. The van der Waals surface area contributed by atoms with Crippen molar-refractivity contribution in [3.8, 4) is 0 Å². The summed E-state index contributed by atoms with van der Waals surface area (Å²) < 4.78 is 0. The number of thiocarbonyl (C=S) groups is 1. The van der Waals surface area contributed by atoms with Gasteiger partial charge in [0.05, 0.1) is 6.42 Å². The molecule has 0 aromatic heterocycles. The van der Waals surface area contributed by atoms with Crippen molar-refractivity contribution >= 4 is 23.1 Å². The van der Waals surface area contributed by atoms with Gasteiger partial charge in [0.15, 0.2) is 0 Å². The number of carbonyl (C=O) groups excluding carboxylic acids is 1. The standard InChI is InChI=1S/C16H22N2OS/c1-11(2)14-7-8-18(10-14)15(19)9-12-3-5-13(6-4-12)16(17)20/h3-6,11,14H,7-10H2,1-2H3,(H2,17,20). The first-order chi connectivity index (χ1) is 9.47. The highest BCUT2D eigenvalue weighted by Gasteiger charge is 2.27. The molecule has 2 N–H and O–H groups in total. The topological polar surface area (TPSA) is 46.3 Å². The Morgan fingerprint density at radius 3 is 2.55 bits per heavy atom. The van der Waals surface area contributed by atoms with Crippen LogP contribution in [0.5, 0.6) is 0 Å². The molecule has 108 valence electrons. The molecule has 1 fully saturated rings. The molecule has 1 aromatic carbocycles. The number of hydrogen-bond acceptors (Lipinski definition) is 2. The Hall–Kier alpha value is -1.42. The summed E-state index contributed by atoms with van der Waals surface area (Å²) >= 11 is 4.92. The molecule has 2 rings (SSSR count). The van der Waals surface area contributed by atoms with Gasteiger partial charge in [-0.3, -0.25) is 4.79 Å². The highest BCUT2D eigenvalue weighted by molar-refractivity contribution is 7.80. The molecule has 20 heavy (non-hydrogen) atoms. The van der Waals surface area contributed by atoms with Crippen molar-refractivity contribution in [3.63, 3.8) is 0 Å². The van der Waals surface area contributed by atoms with Crippen molar-refractivity contribution in [1.29, 1.82) is 0 Å². The monoisotopic (exact) mass is 290 g/mol. The quantitative estimate of drug-likeness (QED) is 0.866. The number of benzene rings is 1. The molecule has 1 aromatic rings. The number of rotatable bonds is 4. The molecule has 0 aliphatic carbocycles. The zero-order valence-corrected chi connectivity index (χ0v) is 13.0. The third-order valence-corrected chi connectivity index (χ3v) is 4.35. The lowest BCUT2D eigenvalue weighted by molar-refractivity contribution is -0.129. The number of nitrogens with zero attached hydrogens (tertiary/aromatic N) is 1. The molecule has 1 unspecified atom stereocenters. The second kappa shape index (κ2) is 6.35. The van der Waals surface area contributed by atoms with Crippen molar-refractivity contribution in [2.24, 2.45) is 17.6 Å². The van der Waals surface area contributed by atoms with Crippen molar-refractivity contribution in [2.75, 3.05) is 13.1 Å². The summed E-state index contributed by atoms with van der Waals surface area (Å²) in [6.45, 7) is 6.26. The van der Waals surface area contributed by atoms with Gasteiger partial charge < -0.3 is 10.6 Å².